The molecule has 132 valence electrons. The van der Waals surface area contributed by atoms with Crippen LogP contribution in [0, 0.1) is 16.7 Å². The van der Waals surface area contributed by atoms with Gasteiger partial charge in [-0.3, -0.25) is 4.90 Å². The van der Waals surface area contributed by atoms with Crippen LogP contribution in [0.15, 0.2) is 0 Å². The third-order valence-electron chi connectivity index (χ3n) is 6.36. The second kappa shape index (κ2) is 6.43. The summed E-state index contributed by atoms with van der Waals surface area (Å²) in [5, 5.41) is 0. The van der Waals surface area contributed by atoms with Crippen molar-refractivity contribution in [3.8, 4) is 0 Å². The monoisotopic (exact) mass is 311 g/mol. The summed E-state index contributed by atoms with van der Waals surface area (Å²) in [5.74, 6) is 0.837. The first-order valence-electron chi connectivity index (χ1n) is 9.03. The van der Waals surface area contributed by atoms with Crippen LogP contribution in [-0.4, -0.2) is 36.2 Å². The van der Waals surface area contributed by atoms with Crippen LogP contribution in [-0.2, 0) is 4.74 Å². The lowest BCUT2D eigenvalue weighted by atomic mass is 9.65. The van der Waals surface area contributed by atoms with Gasteiger partial charge in [-0.15, -0.1) is 0 Å². The molecule has 0 radical (unpaired) electrons. The SMILES string of the molecule is COC(C)(C)C(C)(C)N1CCC(C(C)(C)CC(C)(C)C)CC1. The van der Waals surface area contributed by atoms with Crippen LogP contribution >= 0.6 is 0 Å². The van der Waals surface area contributed by atoms with Gasteiger partial charge in [0, 0.05) is 12.6 Å². The van der Waals surface area contributed by atoms with Crippen molar-refractivity contribution in [2.75, 3.05) is 20.2 Å². The number of methoxy groups -OCH3 is 1. The van der Waals surface area contributed by atoms with Crippen molar-refractivity contribution in [1.29, 1.82) is 0 Å². The molecule has 0 aromatic heterocycles. The number of ether oxygens (including phenoxy) is 1. The van der Waals surface area contributed by atoms with Crippen LogP contribution in [0.25, 0.3) is 0 Å². The van der Waals surface area contributed by atoms with Crippen LogP contribution in [0.5, 0.6) is 0 Å². The van der Waals surface area contributed by atoms with E-state index in [9.17, 15) is 0 Å². The number of hydrogen-bond donors (Lipinski definition) is 0. The van der Waals surface area contributed by atoms with Gasteiger partial charge in [-0.05, 0) is 76.8 Å². The minimum atomic E-state index is -0.124. The van der Waals surface area contributed by atoms with E-state index in [1.807, 2.05) is 7.11 Å². The van der Waals surface area contributed by atoms with Crippen molar-refractivity contribution in [1.82, 2.24) is 4.90 Å². The smallest absolute Gasteiger partial charge is 0.0800 e. The maximum Gasteiger partial charge on any atom is 0.0800 e. The molecule has 0 aliphatic carbocycles. The van der Waals surface area contributed by atoms with Crippen molar-refractivity contribution >= 4 is 0 Å². The van der Waals surface area contributed by atoms with Gasteiger partial charge >= 0.3 is 0 Å². The van der Waals surface area contributed by atoms with Gasteiger partial charge in [-0.25, -0.2) is 0 Å². The molecule has 1 rings (SSSR count). The fraction of sp³-hybridized carbons (Fsp3) is 1.00. The summed E-state index contributed by atoms with van der Waals surface area (Å²) in [6.45, 7) is 23.5. The van der Waals surface area contributed by atoms with Gasteiger partial charge in [-0.2, -0.15) is 0 Å². The fourth-order valence-electron chi connectivity index (χ4n) is 4.36. The molecule has 0 unspecified atom stereocenters. The summed E-state index contributed by atoms with van der Waals surface area (Å²) >= 11 is 0. The molecule has 1 aliphatic heterocycles. The molecule has 22 heavy (non-hydrogen) atoms. The molecule has 0 amide bonds. The number of hydrogen-bond acceptors (Lipinski definition) is 2. The fourth-order valence-corrected chi connectivity index (χ4v) is 4.36. The Hall–Kier alpha value is -0.0800. The van der Waals surface area contributed by atoms with Crippen LogP contribution in [0.3, 0.4) is 0 Å². The highest BCUT2D eigenvalue weighted by atomic mass is 16.5. The van der Waals surface area contributed by atoms with E-state index in [2.05, 4.69) is 67.2 Å². The van der Waals surface area contributed by atoms with Crippen LogP contribution in [0.1, 0.15) is 81.6 Å². The molecule has 0 N–H and O–H groups in total. The van der Waals surface area contributed by atoms with Crippen molar-refractivity contribution < 1.29 is 4.74 Å². The summed E-state index contributed by atoms with van der Waals surface area (Å²) in [6.07, 6.45) is 3.93. The first-order chi connectivity index (χ1) is 9.73. The predicted molar refractivity (Wildman–Crippen MR) is 97.3 cm³/mol. The van der Waals surface area contributed by atoms with E-state index in [0.717, 1.165) is 5.92 Å². The van der Waals surface area contributed by atoms with E-state index in [4.69, 9.17) is 4.74 Å². The Morgan fingerprint density at radius 3 is 1.68 bits per heavy atom. The number of likely N-dealkylation sites (tertiary alicyclic amines) is 1. The van der Waals surface area contributed by atoms with Crippen LogP contribution in [0.4, 0.5) is 0 Å². The Morgan fingerprint density at radius 2 is 1.32 bits per heavy atom. The van der Waals surface area contributed by atoms with Gasteiger partial charge in [0.05, 0.1) is 5.60 Å². The summed E-state index contributed by atoms with van der Waals surface area (Å²) < 4.78 is 5.77. The van der Waals surface area contributed by atoms with Gasteiger partial charge in [-0.1, -0.05) is 34.6 Å². The van der Waals surface area contributed by atoms with Gasteiger partial charge in [0.15, 0.2) is 0 Å². The quantitative estimate of drug-likeness (QED) is 0.677. The number of nitrogens with zero attached hydrogens (tertiary/aromatic N) is 1. The molecule has 1 saturated heterocycles. The minimum absolute atomic E-state index is 0.0703. The molecule has 2 heteroatoms. The van der Waals surface area contributed by atoms with E-state index >= 15 is 0 Å². The first-order valence-corrected chi connectivity index (χ1v) is 9.03. The van der Waals surface area contributed by atoms with E-state index in [-0.39, 0.29) is 11.1 Å². The normalized spacial score (nSPS) is 20.5. The summed E-state index contributed by atoms with van der Waals surface area (Å²) in [7, 11) is 1.83. The van der Waals surface area contributed by atoms with Crippen LogP contribution in [0.2, 0.25) is 0 Å². The van der Waals surface area contributed by atoms with E-state index in [0.29, 0.717) is 10.8 Å². The Labute approximate surface area is 140 Å². The number of piperidine rings is 1. The third kappa shape index (κ3) is 4.47. The lowest BCUT2D eigenvalue weighted by Crippen LogP contribution is -2.61. The molecule has 1 heterocycles. The maximum absolute atomic E-state index is 5.77. The van der Waals surface area contributed by atoms with Gasteiger partial charge in [0.1, 0.15) is 0 Å². The molecule has 1 fully saturated rings. The van der Waals surface area contributed by atoms with E-state index < -0.39 is 0 Å². The van der Waals surface area contributed by atoms with Gasteiger partial charge in [0.2, 0.25) is 0 Å². The van der Waals surface area contributed by atoms with Gasteiger partial charge < -0.3 is 4.74 Å². The zero-order valence-corrected chi connectivity index (χ0v) is 17.0. The maximum atomic E-state index is 5.77. The largest absolute Gasteiger partial charge is 0.377 e. The lowest BCUT2D eigenvalue weighted by Gasteiger charge is -2.52. The Bertz CT molecular complexity index is 354. The molecule has 0 bridgehead atoms. The van der Waals surface area contributed by atoms with Crippen molar-refractivity contribution in [3.63, 3.8) is 0 Å². The van der Waals surface area contributed by atoms with Crippen LogP contribution < -0.4 is 0 Å². The minimum Gasteiger partial charge on any atom is -0.377 e. The highest BCUT2D eigenvalue weighted by Gasteiger charge is 2.44. The zero-order valence-electron chi connectivity index (χ0n) is 17.0. The molecular formula is C20H41NO. The second-order valence-electron chi connectivity index (χ2n) is 10.3. The molecule has 2 nitrogen and oxygen atoms in total. The standard InChI is InChI=1S/C20H41NO/c1-17(2,3)15-18(4,5)16-11-13-21(14-12-16)19(6,7)20(8,9)22-10/h16H,11-15H2,1-10H3. The lowest BCUT2D eigenvalue weighted by molar-refractivity contribution is -0.111. The first kappa shape index (κ1) is 20.0. The Kier molecular flexibility index (Phi) is 5.84. The van der Waals surface area contributed by atoms with E-state index in [1.165, 1.54) is 32.4 Å². The average molecular weight is 312 g/mol. The molecule has 0 saturated carbocycles. The number of rotatable bonds is 5. The topological polar surface area (TPSA) is 12.5 Å². The third-order valence-corrected chi connectivity index (χ3v) is 6.36. The summed E-state index contributed by atoms with van der Waals surface area (Å²) in [5.41, 5.74) is 0.796. The van der Waals surface area contributed by atoms with Crippen molar-refractivity contribution in [2.45, 2.75) is 92.7 Å². The zero-order chi connectivity index (χ0) is 17.4. The van der Waals surface area contributed by atoms with Crippen molar-refractivity contribution in [3.05, 3.63) is 0 Å². The molecule has 1 aliphatic rings. The highest BCUT2D eigenvalue weighted by Crippen LogP contribution is 2.44. The van der Waals surface area contributed by atoms with E-state index in [1.54, 1.807) is 0 Å². The predicted octanol–water partition coefficient (Wildman–Crippen LogP) is 5.36. The Morgan fingerprint density at radius 1 is 0.864 bits per heavy atom. The molecule has 0 aromatic rings. The highest BCUT2D eigenvalue weighted by molar-refractivity contribution is 4.99. The second-order valence-corrected chi connectivity index (χ2v) is 10.3. The summed E-state index contributed by atoms with van der Waals surface area (Å²) in [4.78, 5) is 2.64. The molecular weight excluding hydrogens is 270 g/mol. The molecule has 0 atom stereocenters. The van der Waals surface area contributed by atoms with Gasteiger partial charge in [0.25, 0.3) is 0 Å². The summed E-state index contributed by atoms with van der Waals surface area (Å²) in [6, 6.07) is 0. The Balaban J connectivity index is 2.71. The molecule has 0 spiro atoms. The molecule has 0 aromatic carbocycles. The average Bonchev–Trinajstić information content (AvgIpc) is 2.36. The van der Waals surface area contributed by atoms with Crippen molar-refractivity contribution in [2.24, 2.45) is 16.7 Å².